The zero-order chi connectivity index (χ0) is 17.5. The molecule has 1 N–H and O–H groups in total. The largest absolute Gasteiger partial charge is 0.467 e. The summed E-state index contributed by atoms with van der Waals surface area (Å²) in [7, 11) is 0. The highest BCUT2D eigenvalue weighted by molar-refractivity contribution is 6.31. The topological polar surface area (TPSA) is 32.2 Å². The van der Waals surface area contributed by atoms with Crippen LogP contribution < -0.4 is 0 Å². The molecule has 0 saturated heterocycles. The van der Waals surface area contributed by atoms with E-state index in [0.717, 1.165) is 35.8 Å². The SMILES string of the molecule is Clc1ccc2[nH]c3c(c2c1)CCN(Cc1ccccc1)C3c1ccco1. The fourth-order valence-electron chi connectivity index (χ4n) is 4.07. The van der Waals surface area contributed by atoms with E-state index in [1.165, 1.54) is 22.2 Å². The summed E-state index contributed by atoms with van der Waals surface area (Å²) < 4.78 is 5.83. The fourth-order valence-corrected chi connectivity index (χ4v) is 4.24. The molecule has 4 aromatic rings. The smallest absolute Gasteiger partial charge is 0.126 e. The number of H-pyrrole nitrogens is 1. The van der Waals surface area contributed by atoms with Gasteiger partial charge in [0.1, 0.15) is 11.8 Å². The molecular weight excluding hydrogens is 344 g/mol. The summed E-state index contributed by atoms with van der Waals surface area (Å²) in [5.74, 6) is 0.972. The van der Waals surface area contributed by atoms with Crippen molar-refractivity contribution in [2.45, 2.75) is 19.0 Å². The van der Waals surface area contributed by atoms with E-state index in [1.54, 1.807) is 6.26 Å². The standard InChI is InChI=1S/C22H19ClN2O/c23-16-8-9-19-18(13-16)17-10-11-25(14-15-5-2-1-3-6-15)22(21(17)24-19)20-7-4-12-26-20/h1-9,12-13,22,24H,10-11,14H2. The van der Waals surface area contributed by atoms with E-state index in [2.05, 4.69) is 58.4 Å². The third-order valence-corrected chi connectivity index (χ3v) is 5.47. The molecule has 3 heterocycles. The quantitative estimate of drug-likeness (QED) is 0.517. The molecule has 0 bridgehead atoms. The van der Waals surface area contributed by atoms with Crippen molar-refractivity contribution in [2.24, 2.45) is 0 Å². The summed E-state index contributed by atoms with van der Waals surface area (Å²) in [5, 5.41) is 2.00. The predicted molar refractivity (Wildman–Crippen MR) is 104 cm³/mol. The minimum absolute atomic E-state index is 0.0835. The Hall–Kier alpha value is -2.49. The molecule has 3 nitrogen and oxygen atoms in total. The lowest BCUT2D eigenvalue weighted by Gasteiger charge is -2.34. The maximum atomic E-state index is 6.25. The monoisotopic (exact) mass is 362 g/mol. The van der Waals surface area contributed by atoms with Crippen molar-refractivity contribution >= 4 is 22.5 Å². The number of aromatic nitrogens is 1. The first kappa shape index (κ1) is 15.7. The molecule has 1 aliphatic heterocycles. The summed E-state index contributed by atoms with van der Waals surface area (Å²) in [6, 6.07) is 20.8. The van der Waals surface area contributed by atoms with Crippen LogP contribution in [0.1, 0.15) is 28.6 Å². The van der Waals surface area contributed by atoms with Crippen LogP contribution in [-0.2, 0) is 13.0 Å². The molecule has 26 heavy (non-hydrogen) atoms. The van der Waals surface area contributed by atoms with Crippen LogP contribution in [-0.4, -0.2) is 16.4 Å². The maximum Gasteiger partial charge on any atom is 0.126 e. The van der Waals surface area contributed by atoms with E-state index < -0.39 is 0 Å². The van der Waals surface area contributed by atoms with Gasteiger partial charge in [-0.2, -0.15) is 0 Å². The van der Waals surface area contributed by atoms with Crippen molar-refractivity contribution in [2.75, 3.05) is 6.54 Å². The summed E-state index contributed by atoms with van der Waals surface area (Å²) in [4.78, 5) is 6.12. The Morgan fingerprint density at radius 1 is 1.08 bits per heavy atom. The Balaban J connectivity index is 1.62. The summed E-state index contributed by atoms with van der Waals surface area (Å²) >= 11 is 6.25. The van der Waals surface area contributed by atoms with Gasteiger partial charge in [-0.05, 0) is 47.9 Å². The van der Waals surface area contributed by atoms with Crippen LogP contribution in [0.4, 0.5) is 0 Å². The number of halogens is 1. The number of furan rings is 1. The van der Waals surface area contributed by atoms with Crippen LogP contribution >= 0.6 is 11.6 Å². The number of aromatic amines is 1. The van der Waals surface area contributed by atoms with Gasteiger partial charge in [-0.15, -0.1) is 0 Å². The van der Waals surface area contributed by atoms with Crippen LogP contribution in [0.2, 0.25) is 5.02 Å². The van der Waals surface area contributed by atoms with E-state index in [9.17, 15) is 0 Å². The Morgan fingerprint density at radius 2 is 1.96 bits per heavy atom. The van der Waals surface area contributed by atoms with Crippen LogP contribution in [0.15, 0.2) is 71.3 Å². The van der Waals surface area contributed by atoms with Crippen molar-refractivity contribution in [3.63, 3.8) is 0 Å². The normalized spacial score (nSPS) is 17.5. The zero-order valence-corrected chi connectivity index (χ0v) is 15.0. The van der Waals surface area contributed by atoms with E-state index in [0.29, 0.717) is 0 Å². The van der Waals surface area contributed by atoms with Gasteiger partial charge in [0, 0.05) is 34.7 Å². The lowest BCUT2D eigenvalue weighted by atomic mass is 9.95. The van der Waals surface area contributed by atoms with Gasteiger partial charge in [-0.3, -0.25) is 4.90 Å². The van der Waals surface area contributed by atoms with Gasteiger partial charge >= 0.3 is 0 Å². The van der Waals surface area contributed by atoms with Gasteiger partial charge in [0.15, 0.2) is 0 Å². The van der Waals surface area contributed by atoms with Gasteiger partial charge in [0.25, 0.3) is 0 Å². The van der Waals surface area contributed by atoms with E-state index in [-0.39, 0.29) is 6.04 Å². The van der Waals surface area contributed by atoms with Crippen LogP contribution in [0.25, 0.3) is 10.9 Å². The summed E-state index contributed by atoms with van der Waals surface area (Å²) in [5.41, 5.74) is 5.02. The molecule has 2 aromatic heterocycles. The van der Waals surface area contributed by atoms with Gasteiger partial charge in [-0.25, -0.2) is 0 Å². The van der Waals surface area contributed by atoms with Crippen LogP contribution in [0.3, 0.4) is 0 Å². The molecule has 0 spiro atoms. The van der Waals surface area contributed by atoms with E-state index in [4.69, 9.17) is 16.0 Å². The zero-order valence-electron chi connectivity index (χ0n) is 14.3. The highest BCUT2D eigenvalue weighted by atomic mass is 35.5. The molecule has 1 atom stereocenters. The molecule has 5 rings (SSSR count). The molecule has 4 heteroatoms. The molecule has 0 saturated carbocycles. The Bertz CT molecular complexity index is 1040. The molecule has 0 aliphatic carbocycles. The van der Waals surface area contributed by atoms with Crippen LogP contribution in [0.5, 0.6) is 0 Å². The minimum Gasteiger partial charge on any atom is -0.467 e. The molecule has 0 radical (unpaired) electrons. The third-order valence-electron chi connectivity index (χ3n) is 5.23. The van der Waals surface area contributed by atoms with Gasteiger partial charge < -0.3 is 9.40 Å². The third kappa shape index (κ3) is 2.64. The second-order valence-corrected chi connectivity index (χ2v) is 7.27. The number of rotatable bonds is 3. The summed E-state index contributed by atoms with van der Waals surface area (Å²) in [6.07, 6.45) is 2.75. The van der Waals surface area contributed by atoms with Crippen molar-refractivity contribution < 1.29 is 4.42 Å². The minimum atomic E-state index is 0.0835. The number of hydrogen-bond donors (Lipinski definition) is 1. The number of nitrogens with zero attached hydrogens (tertiary/aromatic N) is 1. The lowest BCUT2D eigenvalue weighted by Crippen LogP contribution is -2.35. The first-order chi connectivity index (χ1) is 12.8. The number of nitrogens with one attached hydrogen (secondary N) is 1. The predicted octanol–water partition coefficient (Wildman–Crippen LogP) is 5.56. The average molecular weight is 363 g/mol. The van der Waals surface area contributed by atoms with Crippen LogP contribution in [0, 0.1) is 0 Å². The molecule has 1 unspecified atom stereocenters. The Morgan fingerprint density at radius 3 is 2.77 bits per heavy atom. The molecule has 0 amide bonds. The second-order valence-electron chi connectivity index (χ2n) is 6.83. The Kier molecular flexibility index (Phi) is 3.84. The van der Waals surface area contributed by atoms with Crippen molar-refractivity contribution in [3.8, 4) is 0 Å². The van der Waals surface area contributed by atoms with Crippen molar-refractivity contribution in [3.05, 3.63) is 94.5 Å². The fraction of sp³-hybridized carbons (Fsp3) is 0.182. The first-order valence-electron chi connectivity index (χ1n) is 8.91. The van der Waals surface area contributed by atoms with E-state index in [1.807, 2.05) is 12.1 Å². The summed E-state index contributed by atoms with van der Waals surface area (Å²) in [6.45, 7) is 1.87. The van der Waals surface area contributed by atoms with Crippen molar-refractivity contribution in [1.82, 2.24) is 9.88 Å². The lowest BCUT2D eigenvalue weighted by molar-refractivity contribution is 0.181. The highest BCUT2D eigenvalue weighted by Gasteiger charge is 2.33. The maximum absolute atomic E-state index is 6.25. The van der Waals surface area contributed by atoms with Gasteiger partial charge in [0.2, 0.25) is 0 Å². The average Bonchev–Trinajstić information content (AvgIpc) is 3.30. The van der Waals surface area contributed by atoms with Crippen molar-refractivity contribution in [1.29, 1.82) is 0 Å². The van der Waals surface area contributed by atoms with Gasteiger partial charge in [-0.1, -0.05) is 41.9 Å². The van der Waals surface area contributed by atoms with Gasteiger partial charge in [0.05, 0.1) is 6.26 Å². The molecule has 2 aromatic carbocycles. The second kappa shape index (κ2) is 6.35. The Labute approximate surface area is 157 Å². The number of fused-ring (bicyclic) bond motifs is 3. The first-order valence-corrected chi connectivity index (χ1v) is 9.29. The molecule has 0 fully saturated rings. The molecular formula is C22H19ClN2O. The molecule has 1 aliphatic rings. The number of benzene rings is 2. The number of hydrogen-bond acceptors (Lipinski definition) is 2. The van der Waals surface area contributed by atoms with E-state index >= 15 is 0 Å². The molecule has 130 valence electrons. The highest BCUT2D eigenvalue weighted by Crippen LogP contribution is 2.39.